The Kier molecular flexibility index (Phi) is 4.69. The smallest absolute Gasteiger partial charge is 0.453 e. The lowest BCUT2D eigenvalue weighted by Crippen LogP contribution is -2.38. The van der Waals surface area contributed by atoms with E-state index in [1.54, 1.807) is 0 Å². The Morgan fingerprint density at radius 3 is 2.30 bits per heavy atom. The molecular formula is C12H11F5O3. The van der Waals surface area contributed by atoms with Gasteiger partial charge in [-0.1, -0.05) is 18.2 Å². The molecule has 0 heterocycles. The van der Waals surface area contributed by atoms with Crippen molar-refractivity contribution in [2.45, 2.75) is 24.6 Å². The molecule has 3 nitrogen and oxygen atoms in total. The molecule has 0 aliphatic heterocycles. The lowest BCUT2D eigenvalue weighted by Gasteiger charge is -2.23. The van der Waals surface area contributed by atoms with Gasteiger partial charge < -0.3 is 9.84 Å². The number of ether oxygens (including phenoxy) is 1. The largest absolute Gasteiger partial charge is 0.465 e. The Morgan fingerprint density at radius 1 is 1.25 bits per heavy atom. The van der Waals surface area contributed by atoms with Crippen LogP contribution in [0.4, 0.5) is 22.0 Å². The molecule has 0 amide bonds. The minimum Gasteiger partial charge on any atom is -0.465 e. The van der Waals surface area contributed by atoms with Crippen LogP contribution in [0.2, 0.25) is 0 Å². The lowest BCUT2D eigenvalue weighted by atomic mass is 9.97. The van der Waals surface area contributed by atoms with E-state index in [1.807, 2.05) is 0 Å². The summed E-state index contributed by atoms with van der Waals surface area (Å²) in [7, 11) is 1.02. The summed E-state index contributed by atoms with van der Waals surface area (Å²) in [6.07, 6.45) is -9.79. The standard InChI is InChI=1S/C12H11F5O3/c1-20-10(19)8-5-3-2-4-7(8)9(18)6-11(13,14)12(15,16)17/h2-5,9,18H,6H2,1H3. The Morgan fingerprint density at radius 2 is 1.80 bits per heavy atom. The second-order valence-electron chi connectivity index (χ2n) is 4.00. The number of carbonyl (C=O) groups excluding carboxylic acids is 1. The normalized spacial score (nSPS) is 13.9. The van der Waals surface area contributed by atoms with Crippen LogP contribution in [0.25, 0.3) is 0 Å². The van der Waals surface area contributed by atoms with Crippen LogP contribution < -0.4 is 0 Å². The molecule has 0 radical (unpaired) electrons. The van der Waals surface area contributed by atoms with Gasteiger partial charge in [-0.2, -0.15) is 22.0 Å². The maximum absolute atomic E-state index is 12.9. The highest BCUT2D eigenvalue weighted by Gasteiger charge is 2.58. The van der Waals surface area contributed by atoms with Gasteiger partial charge in [-0.15, -0.1) is 0 Å². The molecule has 1 N–H and O–H groups in total. The first-order chi connectivity index (χ1) is 9.10. The van der Waals surface area contributed by atoms with E-state index < -0.39 is 30.6 Å². The Hall–Kier alpha value is -1.70. The Bertz CT molecular complexity index is 484. The number of carbonyl (C=O) groups is 1. The zero-order valence-electron chi connectivity index (χ0n) is 10.2. The molecule has 8 heteroatoms. The summed E-state index contributed by atoms with van der Waals surface area (Å²) < 4.78 is 66.4. The van der Waals surface area contributed by atoms with Crippen LogP contribution >= 0.6 is 0 Å². The highest BCUT2D eigenvalue weighted by atomic mass is 19.4. The fourth-order valence-electron chi connectivity index (χ4n) is 1.55. The summed E-state index contributed by atoms with van der Waals surface area (Å²) in [5.74, 6) is -6.00. The molecule has 0 spiro atoms. The molecule has 1 atom stereocenters. The van der Waals surface area contributed by atoms with Crippen molar-refractivity contribution in [3.8, 4) is 0 Å². The second-order valence-corrected chi connectivity index (χ2v) is 4.00. The predicted octanol–water partition coefficient (Wildman–Crippen LogP) is 3.09. The highest BCUT2D eigenvalue weighted by Crippen LogP contribution is 2.42. The minimum atomic E-state index is -5.77. The van der Waals surface area contributed by atoms with Crippen molar-refractivity contribution in [3.63, 3.8) is 0 Å². The van der Waals surface area contributed by atoms with Crippen molar-refractivity contribution in [1.82, 2.24) is 0 Å². The third-order valence-corrected chi connectivity index (χ3v) is 2.59. The summed E-state index contributed by atoms with van der Waals surface area (Å²) in [4.78, 5) is 11.4. The summed E-state index contributed by atoms with van der Waals surface area (Å²) in [5, 5.41) is 9.56. The van der Waals surface area contributed by atoms with Gasteiger partial charge in [0.25, 0.3) is 0 Å². The minimum absolute atomic E-state index is 0.263. The Balaban J connectivity index is 3.05. The topological polar surface area (TPSA) is 46.5 Å². The van der Waals surface area contributed by atoms with Crippen molar-refractivity contribution >= 4 is 5.97 Å². The first-order valence-corrected chi connectivity index (χ1v) is 5.40. The third kappa shape index (κ3) is 3.44. The van der Waals surface area contributed by atoms with Gasteiger partial charge in [0.05, 0.1) is 25.2 Å². The maximum Gasteiger partial charge on any atom is 0.453 e. The third-order valence-electron chi connectivity index (χ3n) is 2.59. The number of alkyl halides is 5. The molecule has 0 saturated heterocycles. The van der Waals surface area contributed by atoms with Crippen LogP contribution in [-0.2, 0) is 4.74 Å². The number of benzene rings is 1. The number of esters is 1. The molecule has 20 heavy (non-hydrogen) atoms. The van der Waals surface area contributed by atoms with E-state index in [-0.39, 0.29) is 11.1 Å². The Labute approximate surface area is 111 Å². The first-order valence-electron chi connectivity index (χ1n) is 5.40. The fourth-order valence-corrected chi connectivity index (χ4v) is 1.55. The number of aliphatic hydroxyl groups is 1. The second kappa shape index (κ2) is 5.74. The van der Waals surface area contributed by atoms with Gasteiger partial charge in [0.2, 0.25) is 0 Å². The molecule has 0 aliphatic carbocycles. The van der Waals surface area contributed by atoms with Crippen LogP contribution in [0.15, 0.2) is 24.3 Å². The van der Waals surface area contributed by atoms with Gasteiger partial charge in [-0.05, 0) is 11.6 Å². The summed E-state index contributed by atoms with van der Waals surface area (Å²) in [5.41, 5.74) is -0.608. The first kappa shape index (κ1) is 16.4. The summed E-state index contributed by atoms with van der Waals surface area (Å²) >= 11 is 0. The quantitative estimate of drug-likeness (QED) is 0.686. The van der Waals surface area contributed by atoms with Gasteiger partial charge in [0.15, 0.2) is 0 Å². The molecule has 1 aromatic rings. The van der Waals surface area contributed by atoms with Crippen LogP contribution in [0.5, 0.6) is 0 Å². The number of hydrogen-bond acceptors (Lipinski definition) is 3. The van der Waals surface area contributed by atoms with Crippen molar-refractivity contribution in [3.05, 3.63) is 35.4 Å². The summed E-state index contributed by atoms with van der Waals surface area (Å²) in [6, 6.07) is 4.92. The maximum atomic E-state index is 12.9. The van der Waals surface area contributed by atoms with E-state index in [0.29, 0.717) is 0 Å². The zero-order chi connectivity index (χ0) is 15.6. The van der Waals surface area contributed by atoms with Crippen LogP contribution in [0.3, 0.4) is 0 Å². The van der Waals surface area contributed by atoms with Crippen LogP contribution in [-0.4, -0.2) is 30.3 Å². The number of aliphatic hydroxyl groups excluding tert-OH is 1. The van der Waals surface area contributed by atoms with Crippen LogP contribution in [0.1, 0.15) is 28.4 Å². The number of methoxy groups -OCH3 is 1. The molecule has 1 unspecified atom stereocenters. The number of halogens is 5. The number of rotatable bonds is 4. The van der Waals surface area contributed by atoms with E-state index in [0.717, 1.165) is 19.2 Å². The fraction of sp³-hybridized carbons (Fsp3) is 0.417. The van der Waals surface area contributed by atoms with Gasteiger partial charge in [-0.25, -0.2) is 4.79 Å². The molecule has 0 aromatic heterocycles. The average Bonchev–Trinajstić information content (AvgIpc) is 2.36. The van der Waals surface area contributed by atoms with E-state index in [4.69, 9.17) is 0 Å². The van der Waals surface area contributed by atoms with Gasteiger partial charge in [-0.3, -0.25) is 0 Å². The molecule has 0 aliphatic rings. The van der Waals surface area contributed by atoms with Crippen molar-refractivity contribution < 1.29 is 36.6 Å². The average molecular weight is 298 g/mol. The molecule has 0 saturated carbocycles. The van der Waals surface area contributed by atoms with Gasteiger partial charge in [0.1, 0.15) is 0 Å². The molecular weight excluding hydrogens is 287 g/mol. The van der Waals surface area contributed by atoms with Crippen molar-refractivity contribution in [2.75, 3.05) is 7.11 Å². The van der Waals surface area contributed by atoms with Gasteiger partial charge >= 0.3 is 18.1 Å². The lowest BCUT2D eigenvalue weighted by molar-refractivity contribution is -0.290. The predicted molar refractivity (Wildman–Crippen MR) is 58.4 cm³/mol. The van der Waals surface area contributed by atoms with E-state index >= 15 is 0 Å². The van der Waals surface area contributed by atoms with E-state index in [1.165, 1.54) is 12.1 Å². The van der Waals surface area contributed by atoms with Gasteiger partial charge in [0, 0.05) is 0 Å². The molecule has 112 valence electrons. The molecule has 0 fully saturated rings. The molecule has 0 bridgehead atoms. The zero-order valence-corrected chi connectivity index (χ0v) is 10.2. The monoisotopic (exact) mass is 298 g/mol. The number of hydrogen-bond donors (Lipinski definition) is 1. The van der Waals surface area contributed by atoms with E-state index in [9.17, 15) is 31.9 Å². The summed E-state index contributed by atoms with van der Waals surface area (Å²) in [6.45, 7) is 0. The van der Waals surface area contributed by atoms with Crippen molar-refractivity contribution in [1.29, 1.82) is 0 Å². The molecule has 1 aromatic carbocycles. The van der Waals surface area contributed by atoms with Crippen molar-refractivity contribution in [2.24, 2.45) is 0 Å². The highest BCUT2D eigenvalue weighted by molar-refractivity contribution is 5.91. The van der Waals surface area contributed by atoms with Crippen LogP contribution in [0, 0.1) is 0 Å². The SMILES string of the molecule is COC(=O)c1ccccc1C(O)CC(F)(F)C(F)(F)F. The molecule has 1 rings (SSSR count). The van der Waals surface area contributed by atoms with E-state index in [2.05, 4.69) is 4.74 Å².